The van der Waals surface area contributed by atoms with E-state index >= 15 is 0 Å². The van der Waals surface area contributed by atoms with Gasteiger partial charge in [0.05, 0.1) is 5.56 Å². The number of hydrogen-bond donors (Lipinski definition) is 1. The van der Waals surface area contributed by atoms with E-state index in [0.29, 0.717) is 11.6 Å². The lowest BCUT2D eigenvalue weighted by Gasteiger charge is -2.15. The van der Waals surface area contributed by atoms with Crippen LogP contribution in [0.1, 0.15) is 37.4 Å². The standard InChI is InChI=1S/C14H19N3S/c1-3-18-13-7-6-12(8-13)17-14-11(9-15)5-4-10(2)16-14/h4-5,12-13H,3,6-8H2,1-2H3,(H,16,17). The van der Waals surface area contributed by atoms with Gasteiger partial charge in [-0.25, -0.2) is 4.98 Å². The van der Waals surface area contributed by atoms with E-state index in [4.69, 9.17) is 5.26 Å². The first-order valence-electron chi connectivity index (χ1n) is 6.48. The van der Waals surface area contributed by atoms with Gasteiger partial charge in [0, 0.05) is 17.0 Å². The van der Waals surface area contributed by atoms with Crippen molar-refractivity contribution in [1.29, 1.82) is 5.26 Å². The average Bonchev–Trinajstić information content (AvgIpc) is 2.77. The maximum absolute atomic E-state index is 9.09. The molecule has 4 heteroatoms. The summed E-state index contributed by atoms with van der Waals surface area (Å²) in [7, 11) is 0. The molecule has 2 unspecified atom stereocenters. The molecular formula is C14H19N3S. The Morgan fingerprint density at radius 1 is 1.50 bits per heavy atom. The van der Waals surface area contributed by atoms with Gasteiger partial charge in [0.1, 0.15) is 11.9 Å². The molecule has 0 radical (unpaired) electrons. The van der Waals surface area contributed by atoms with Crippen LogP contribution in [-0.2, 0) is 0 Å². The molecule has 1 aliphatic carbocycles. The molecule has 1 N–H and O–H groups in total. The number of aryl methyl sites for hydroxylation is 1. The monoisotopic (exact) mass is 261 g/mol. The molecule has 1 aromatic heterocycles. The van der Waals surface area contributed by atoms with Gasteiger partial charge in [-0.15, -0.1) is 0 Å². The number of aromatic nitrogens is 1. The summed E-state index contributed by atoms with van der Waals surface area (Å²) >= 11 is 2.04. The van der Waals surface area contributed by atoms with E-state index in [2.05, 4.69) is 23.3 Å². The summed E-state index contributed by atoms with van der Waals surface area (Å²) in [6, 6.07) is 6.40. The van der Waals surface area contributed by atoms with Gasteiger partial charge in [0.15, 0.2) is 0 Å². The molecule has 18 heavy (non-hydrogen) atoms. The minimum atomic E-state index is 0.468. The van der Waals surface area contributed by atoms with Crippen molar-refractivity contribution in [1.82, 2.24) is 4.98 Å². The fourth-order valence-corrected chi connectivity index (χ4v) is 3.55. The predicted molar refractivity (Wildman–Crippen MR) is 76.9 cm³/mol. The van der Waals surface area contributed by atoms with Crippen LogP contribution >= 0.6 is 11.8 Å². The van der Waals surface area contributed by atoms with Gasteiger partial charge in [-0.3, -0.25) is 0 Å². The predicted octanol–water partition coefficient (Wildman–Crippen LogP) is 3.35. The Morgan fingerprint density at radius 3 is 3.06 bits per heavy atom. The first-order chi connectivity index (χ1) is 8.72. The van der Waals surface area contributed by atoms with E-state index in [0.717, 1.165) is 16.8 Å². The molecule has 1 aromatic rings. The molecule has 1 fully saturated rings. The van der Waals surface area contributed by atoms with Gasteiger partial charge in [0.2, 0.25) is 0 Å². The largest absolute Gasteiger partial charge is 0.366 e. The first-order valence-corrected chi connectivity index (χ1v) is 7.53. The lowest BCUT2D eigenvalue weighted by atomic mass is 10.2. The highest BCUT2D eigenvalue weighted by molar-refractivity contribution is 7.99. The zero-order chi connectivity index (χ0) is 13.0. The van der Waals surface area contributed by atoms with Crippen LogP contribution in [0.2, 0.25) is 0 Å². The molecule has 0 bridgehead atoms. The summed E-state index contributed by atoms with van der Waals surface area (Å²) in [6.45, 7) is 4.16. The number of pyridine rings is 1. The fourth-order valence-electron chi connectivity index (χ4n) is 2.41. The smallest absolute Gasteiger partial charge is 0.144 e. The van der Waals surface area contributed by atoms with E-state index in [9.17, 15) is 0 Å². The Kier molecular flexibility index (Phi) is 4.48. The summed E-state index contributed by atoms with van der Waals surface area (Å²) in [5.74, 6) is 1.94. The second kappa shape index (κ2) is 6.10. The normalized spacial score (nSPS) is 22.7. The van der Waals surface area contributed by atoms with E-state index in [-0.39, 0.29) is 0 Å². The quantitative estimate of drug-likeness (QED) is 0.903. The Morgan fingerprint density at radius 2 is 2.33 bits per heavy atom. The number of hydrogen-bond acceptors (Lipinski definition) is 4. The third-order valence-corrected chi connectivity index (χ3v) is 4.52. The van der Waals surface area contributed by atoms with E-state index < -0.39 is 0 Å². The zero-order valence-corrected chi connectivity index (χ0v) is 11.8. The van der Waals surface area contributed by atoms with Crippen LogP contribution in [0, 0.1) is 18.3 Å². The second-order valence-corrected chi connectivity index (χ2v) is 6.27. The van der Waals surface area contributed by atoms with Crippen molar-refractivity contribution in [2.75, 3.05) is 11.1 Å². The van der Waals surface area contributed by atoms with Crippen LogP contribution in [-0.4, -0.2) is 22.0 Å². The lowest BCUT2D eigenvalue weighted by molar-refractivity contribution is 0.751. The molecule has 0 aliphatic heterocycles. The van der Waals surface area contributed by atoms with Crippen LogP contribution in [0.4, 0.5) is 5.82 Å². The van der Waals surface area contributed by atoms with Gasteiger partial charge in [-0.1, -0.05) is 6.92 Å². The van der Waals surface area contributed by atoms with Crippen LogP contribution in [0.15, 0.2) is 12.1 Å². The van der Waals surface area contributed by atoms with Gasteiger partial charge >= 0.3 is 0 Å². The van der Waals surface area contributed by atoms with Crippen molar-refractivity contribution in [3.05, 3.63) is 23.4 Å². The topological polar surface area (TPSA) is 48.7 Å². The highest BCUT2D eigenvalue weighted by Gasteiger charge is 2.25. The molecule has 2 atom stereocenters. The highest BCUT2D eigenvalue weighted by Crippen LogP contribution is 2.31. The SMILES string of the molecule is CCSC1CCC(Nc2nc(C)ccc2C#N)C1. The van der Waals surface area contributed by atoms with Gasteiger partial charge < -0.3 is 5.32 Å². The van der Waals surface area contributed by atoms with E-state index in [1.165, 1.54) is 25.0 Å². The van der Waals surface area contributed by atoms with Gasteiger partial charge in [0.25, 0.3) is 0 Å². The number of rotatable bonds is 4. The second-order valence-electron chi connectivity index (χ2n) is 4.69. The van der Waals surface area contributed by atoms with Crippen LogP contribution in [0.25, 0.3) is 0 Å². The molecule has 0 aromatic carbocycles. The molecule has 1 heterocycles. The maximum atomic E-state index is 9.09. The van der Waals surface area contributed by atoms with Crippen molar-refractivity contribution in [2.24, 2.45) is 0 Å². The minimum absolute atomic E-state index is 0.468. The third kappa shape index (κ3) is 3.17. The van der Waals surface area contributed by atoms with Crippen molar-refractivity contribution in [3.8, 4) is 6.07 Å². The average molecular weight is 261 g/mol. The first kappa shape index (κ1) is 13.2. The lowest BCUT2D eigenvalue weighted by Crippen LogP contribution is -2.18. The van der Waals surface area contributed by atoms with Crippen molar-refractivity contribution in [2.45, 2.75) is 44.4 Å². The molecule has 3 nitrogen and oxygen atoms in total. The van der Waals surface area contributed by atoms with Crippen LogP contribution in [0.3, 0.4) is 0 Å². The molecule has 0 saturated heterocycles. The molecule has 96 valence electrons. The van der Waals surface area contributed by atoms with Crippen molar-refractivity contribution in [3.63, 3.8) is 0 Å². The van der Waals surface area contributed by atoms with Crippen LogP contribution in [0.5, 0.6) is 0 Å². The molecule has 0 amide bonds. The Balaban J connectivity index is 2.02. The summed E-state index contributed by atoms with van der Waals surface area (Å²) in [6.07, 6.45) is 3.63. The number of thioether (sulfide) groups is 1. The number of nitrogens with one attached hydrogen (secondary N) is 1. The number of anilines is 1. The number of nitrogens with zero attached hydrogens (tertiary/aromatic N) is 2. The Hall–Kier alpha value is -1.21. The summed E-state index contributed by atoms with van der Waals surface area (Å²) in [5, 5.41) is 13.3. The molecule has 0 spiro atoms. The molecule has 1 aliphatic rings. The molecular weight excluding hydrogens is 242 g/mol. The number of nitriles is 1. The maximum Gasteiger partial charge on any atom is 0.144 e. The summed E-state index contributed by atoms with van der Waals surface area (Å²) in [5.41, 5.74) is 1.60. The molecule has 2 rings (SSSR count). The van der Waals surface area contributed by atoms with E-state index in [1.54, 1.807) is 0 Å². The third-order valence-electron chi connectivity index (χ3n) is 3.28. The summed E-state index contributed by atoms with van der Waals surface area (Å²) < 4.78 is 0. The van der Waals surface area contributed by atoms with E-state index in [1.807, 2.05) is 30.8 Å². The van der Waals surface area contributed by atoms with Crippen LogP contribution < -0.4 is 5.32 Å². The highest BCUT2D eigenvalue weighted by atomic mass is 32.2. The van der Waals surface area contributed by atoms with Gasteiger partial charge in [-0.05, 0) is 44.1 Å². The minimum Gasteiger partial charge on any atom is -0.366 e. The van der Waals surface area contributed by atoms with Crippen molar-refractivity contribution >= 4 is 17.6 Å². The Labute approximate surface area is 113 Å². The zero-order valence-electron chi connectivity index (χ0n) is 10.9. The van der Waals surface area contributed by atoms with Crippen molar-refractivity contribution < 1.29 is 0 Å². The fraction of sp³-hybridized carbons (Fsp3) is 0.571. The molecule has 1 saturated carbocycles. The Bertz CT molecular complexity index is 453. The van der Waals surface area contributed by atoms with Gasteiger partial charge in [-0.2, -0.15) is 17.0 Å². The summed E-state index contributed by atoms with van der Waals surface area (Å²) in [4.78, 5) is 4.44.